The number of carbonyl (C=O) groups excluding carboxylic acids is 2. The van der Waals surface area contributed by atoms with Crippen LogP contribution < -0.4 is 10.6 Å². The number of nitrogens with one attached hydrogen (secondary N) is 2. The highest BCUT2D eigenvalue weighted by Gasteiger charge is 2.37. The number of nitrogens with zero attached hydrogens (tertiary/aromatic N) is 2. The Bertz CT molecular complexity index is 651. The second-order valence-corrected chi connectivity index (χ2v) is 9.30. The van der Waals surface area contributed by atoms with E-state index in [-0.39, 0.29) is 11.8 Å². The summed E-state index contributed by atoms with van der Waals surface area (Å²) in [7, 11) is 0. The summed E-state index contributed by atoms with van der Waals surface area (Å²) in [6, 6.07) is 0.669. The molecule has 2 amide bonds. The van der Waals surface area contributed by atoms with Crippen LogP contribution in [-0.2, 0) is 16.0 Å². The third kappa shape index (κ3) is 6.01. The van der Waals surface area contributed by atoms with Gasteiger partial charge in [0.25, 0.3) is 0 Å². The summed E-state index contributed by atoms with van der Waals surface area (Å²) in [6.07, 6.45) is 6.05. The number of hydrogen-bond acceptors (Lipinski definition) is 5. The van der Waals surface area contributed by atoms with Crippen LogP contribution in [0.2, 0.25) is 0 Å². The number of aromatic nitrogens is 1. The number of carbonyl (C=O) groups is 2. The molecule has 1 aromatic heterocycles. The maximum absolute atomic E-state index is 12.5. The van der Waals surface area contributed by atoms with Gasteiger partial charge in [-0.1, -0.05) is 0 Å². The van der Waals surface area contributed by atoms with Crippen LogP contribution >= 0.6 is 11.3 Å². The molecule has 6 nitrogen and oxygen atoms in total. The van der Waals surface area contributed by atoms with Gasteiger partial charge in [-0.3, -0.25) is 14.5 Å². The topological polar surface area (TPSA) is 74.3 Å². The van der Waals surface area contributed by atoms with Crippen molar-refractivity contribution in [3.8, 4) is 0 Å². The van der Waals surface area contributed by atoms with Gasteiger partial charge in [0.1, 0.15) is 0 Å². The van der Waals surface area contributed by atoms with Crippen LogP contribution in [0.25, 0.3) is 0 Å². The summed E-state index contributed by atoms with van der Waals surface area (Å²) < 4.78 is 0. The van der Waals surface area contributed by atoms with E-state index in [9.17, 15) is 9.59 Å². The summed E-state index contributed by atoms with van der Waals surface area (Å²) in [5.41, 5.74) is 1.09. The average molecular weight is 393 g/mol. The van der Waals surface area contributed by atoms with E-state index in [2.05, 4.69) is 27.4 Å². The number of aryl methyl sites for hydroxylation is 2. The normalized spacial score (nSPS) is 22.8. The molecular formula is C20H32N4O2S. The molecule has 150 valence electrons. The Morgan fingerprint density at radius 2 is 1.89 bits per heavy atom. The van der Waals surface area contributed by atoms with E-state index in [0.29, 0.717) is 31.6 Å². The standard InChI is InChI=1S/C20H32N4O2S/c1-13-14(2)27-20(23-13)8-9-21-19(26)10-17-6-7-18(11-22-15(3)25)24(17)12-16-4-5-16/h16-18H,4-12H2,1-3H3,(H,21,26)(H,22,25)/t17-,18+/m0/s1. The van der Waals surface area contributed by atoms with Crippen molar-refractivity contribution in [1.29, 1.82) is 0 Å². The van der Waals surface area contributed by atoms with E-state index in [4.69, 9.17) is 0 Å². The molecule has 0 bridgehead atoms. The molecule has 2 N–H and O–H groups in total. The molecular weight excluding hydrogens is 360 g/mol. The summed E-state index contributed by atoms with van der Waals surface area (Å²) in [6.45, 7) is 8.09. The first-order valence-corrected chi connectivity index (χ1v) is 10.9. The van der Waals surface area contributed by atoms with Crippen LogP contribution in [0.15, 0.2) is 0 Å². The molecule has 1 aromatic rings. The van der Waals surface area contributed by atoms with Crippen LogP contribution in [0, 0.1) is 19.8 Å². The van der Waals surface area contributed by atoms with E-state index in [1.807, 2.05) is 6.92 Å². The minimum Gasteiger partial charge on any atom is -0.356 e. The molecule has 1 saturated carbocycles. The van der Waals surface area contributed by atoms with E-state index >= 15 is 0 Å². The Labute approximate surface area is 166 Å². The fourth-order valence-corrected chi connectivity index (χ4v) is 4.79. The first kappa shape index (κ1) is 20.3. The minimum absolute atomic E-state index is 0.0234. The number of thiazole rings is 1. The van der Waals surface area contributed by atoms with Crippen molar-refractivity contribution in [2.45, 2.75) is 71.4 Å². The van der Waals surface area contributed by atoms with E-state index in [1.165, 1.54) is 17.7 Å². The lowest BCUT2D eigenvalue weighted by molar-refractivity contribution is -0.122. The Balaban J connectivity index is 1.45. The predicted octanol–water partition coefficient (Wildman–Crippen LogP) is 2.19. The summed E-state index contributed by atoms with van der Waals surface area (Å²) >= 11 is 1.72. The van der Waals surface area contributed by atoms with Crippen molar-refractivity contribution in [1.82, 2.24) is 20.5 Å². The van der Waals surface area contributed by atoms with Crippen LogP contribution in [0.4, 0.5) is 0 Å². The van der Waals surface area contributed by atoms with Gasteiger partial charge in [-0.2, -0.15) is 0 Å². The van der Waals surface area contributed by atoms with Crippen molar-refractivity contribution < 1.29 is 9.59 Å². The number of likely N-dealkylation sites (tertiary alicyclic amines) is 1. The molecule has 2 fully saturated rings. The molecule has 0 spiro atoms. The maximum Gasteiger partial charge on any atom is 0.221 e. The number of hydrogen-bond donors (Lipinski definition) is 2. The van der Waals surface area contributed by atoms with Crippen LogP contribution in [0.1, 0.15) is 54.6 Å². The van der Waals surface area contributed by atoms with Crippen molar-refractivity contribution in [3.63, 3.8) is 0 Å². The zero-order valence-corrected chi connectivity index (χ0v) is 17.5. The van der Waals surface area contributed by atoms with Gasteiger partial charge in [0, 0.05) is 56.4 Å². The lowest BCUT2D eigenvalue weighted by atomic mass is 10.1. The molecule has 1 saturated heterocycles. The second kappa shape index (κ2) is 9.15. The number of amides is 2. The highest BCUT2D eigenvalue weighted by molar-refractivity contribution is 7.11. The molecule has 27 heavy (non-hydrogen) atoms. The molecule has 1 aliphatic heterocycles. The van der Waals surface area contributed by atoms with Crippen LogP contribution in [0.5, 0.6) is 0 Å². The summed E-state index contributed by atoms with van der Waals surface area (Å²) in [5.74, 6) is 0.936. The second-order valence-electron chi connectivity index (χ2n) is 8.02. The molecule has 1 aliphatic carbocycles. The zero-order valence-electron chi connectivity index (χ0n) is 16.7. The third-order valence-electron chi connectivity index (χ3n) is 5.68. The van der Waals surface area contributed by atoms with Crippen molar-refractivity contribution >= 4 is 23.2 Å². The number of rotatable bonds is 9. The largest absolute Gasteiger partial charge is 0.356 e. The lowest BCUT2D eigenvalue weighted by Gasteiger charge is -2.30. The highest BCUT2D eigenvalue weighted by atomic mass is 32.1. The molecule has 2 heterocycles. The zero-order chi connectivity index (χ0) is 19.4. The van der Waals surface area contributed by atoms with Crippen molar-refractivity contribution in [3.05, 3.63) is 15.6 Å². The smallest absolute Gasteiger partial charge is 0.221 e. The fraction of sp³-hybridized carbons (Fsp3) is 0.750. The lowest BCUT2D eigenvalue weighted by Crippen LogP contribution is -2.45. The minimum atomic E-state index is 0.0234. The Kier molecular flexibility index (Phi) is 6.87. The predicted molar refractivity (Wildman–Crippen MR) is 108 cm³/mol. The highest BCUT2D eigenvalue weighted by Crippen LogP contribution is 2.35. The molecule has 0 aromatic carbocycles. The summed E-state index contributed by atoms with van der Waals surface area (Å²) in [4.78, 5) is 32.0. The van der Waals surface area contributed by atoms with E-state index in [1.54, 1.807) is 18.3 Å². The van der Waals surface area contributed by atoms with E-state index in [0.717, 1.165) is 42.4 Å². The quantitative estimate of drug-likeness (QED) is 0.676. The van der Waals surface area contributed by atoms with Gasteiger partial charge in [0.15, 0.2) is 0 Å². The monoisotopic (exact) mass is 392 g/mol. The Morgan fingerprint density at radius 3 is 2.52 bits per heavy atom. The summed E-state index contributed by atoms with van der Waals surface area (Å²) in [5, 5.41) is 7.12. The Hall–Kier alpha value is -1.47. The molecule has 0 unspecified atom stereocenters. The van der Waals surface area contributed by atoms with Crippen molar-refractivity contribution in [2.24, 2.45) is 5.92 Å². The molecule has 7 heteroatoms. The van der Waals surface area contributed by atoms with Gasteiger partial charge in [0.2, 0.25) is 11.8 Å². The Morgan fingerprint density at radius 1 is 1.15 bits per heavy atom. The molecule has 2 aliphatic rings. The maximum atomic E-state index is 12.5. The van der Waals surface area contributed by atoms with Crippen molar-refractivity contribution in [2.75, 3.05) is 19.6 Å². The molecule has 0 radical (unpaired) electrons. The van der Waals surface area contributed by atoms with Gasteiger partial charge < -0.3 is 10.6 Å². The first-order valence-electron chi connectivity index (χ1n) is 10.1. The molecule has 2 atom stereocenters. The van der Waals surface area contributed by atoms with E-state index < -0.39 is 0 Å². The van der Waals surface area contributed by atoms with Gasteiger partial charge in [0.05, 0.1) is 10.7 Å². The molecule has 3 rings (SSSR count). The van der Waals surface area contributed by atoms with Gasteiger partial charge in [-0.05, 0) is 45.4 Å². The van der Waals surface area contributed by atoms with Gasteiger partial charge >= 0.3 is 0 Å². The van der Waals surface area contributed by atoms with Crippen LogP contribution in [0.3, 0.4) is 0 Å². The van der Waals surface area contributed by atoms with Gasteiger partial charge in [-0.25, -0.2) is 4.98 Å². The first-order chi connectivity index (χ1) is 12.9. The van der Waals surface area contributed by atoms with Crippen LogP contribution in [-0.4, -0.2) is 53.4 Å². The van der Waals surface area contributed by atoms with Gasteiger partial charge in [-0.15, -0.1) is 11.3 Å². The third-order valence-corrected chi connectivity index (χ3v) is 6.81. The SMILES string of the molecule is CC(=O)NC[C@H]1CC[C@@H](CC(=O)NCCc2nc(C)c(C)s2)N1CC1CC1. The average Bonchev–Trinajstić information content (AvgIpc) is 3.27. The fourth-order valence-electron chi connectivity index (χ4n) is 3.85.